The molecule has 0 bridgehead atoms. The van der Waals surface area contributed by atoms with Crippen LogP contribution < -0.4 is 4.90 Å². The summed E-state index contributed by atoms with van der Waals surface area (Å²) in [7, 11) is 0. The number of carbonyl (C=O) groups excluding carboxylic acids is 1. The number of aryl methyl sites for hydroxylation is 2. The molecule has 1 saturated heterocycles. The van der Waals surface area contributed by atoms with Crippen molar-refractivity contribution in [1.29, 1.82) is 0 Å². The first-order chi connectivity index (χ1) is 14.3. The molecule has 1 aliphatic heterocycles. The third kappa shape index (κ3) is 3.66. The molecule has 0 saturated carbocycles. The predicted molar refractivity (Wildman–Crippen MR) is 110 cm³/mol. The summed E-state index contributed by atoms with van der Waals surface area (Å²) in [6.07, 6.45) is 0. The third-order valence-electron chi connectivity index (χ3n) is 5.37. The Labute approximate surface area is 172 Å². The number of hydrogen-bond acceptors (Lipinski definition) is 6. The van der Waals surface area contributed by atoms with Gasteiger partial charge in [-0.2, -0.15) is 0 Å². The van der Waals surface area contributed by atoms with Crippen LogP contribution in [-0.2, 0) is 0 Å². The van der Waals surface area contributed by atoms with Crippen molar-refractivity contribution < 1.29 is 14.1 Å². The first-order valence-corrected chi connectivity index (χ1v) is 9.56. The molecular weight excluding hydrogens is 389 g/mol. The van der Waals surface area contributed by atoms with Gasteiger partial charge >= 0.3 is 0 Å². The number of piperazine rings is 1. The lowest BCUT2D eigenvalue weighted by Crippen LogP contribution is -2.48. The van der Waals surface area contributed by atoms with Gasteiger partial charge in [-0.05, 0) is 32.0 Å². The number of nitro groups is 1. The number of nitrogens with zero attached hydrogens (tertiary/aromatic N) is 5. The van der Waals surface area contributed by atoms with E-state index in [0.29, 0.717) is 48.6 Å². The quantitative estimate of drug-likeness (QED) is 0.487. The van der Waals surface area contributed by atoms with Crippen LogP contribution in [0, 0.1) is 29.8 Å². The highest BCUT2D eigenvalue weighted by Gasteiger charge is 2.25. The van der Waals surface area contributed by atoms with Crippen LogP contribution in [0.3, 0.4) is 0 Å². The molecule has 2 aromatic carbocycles. The molecule has 2 heterocycles. The van der Waals surface area contributed by atoms with E-state index in [4.69, 9.17) is 0 Å². The topological polar surface area (TPSA) is 92.5 Å². The number of halogens is 1. The normalized spacial score (nSPS) is 14.2. The number of carbonyl (C=O) groups is 1. The summed E-state index contributed by atoms with van der Waals surface area (Å²) < 4.78 is 14.1. The number of hydrogen-bond donors (Lipinski definition) is 0. The minimum absolute atomic E-state index is 0.0391. The summed E-state index contributed by atoms with van der Waals surface area (Å²) in [5.74, 6) is -0.798. The Balaban J connectivity index is 1.53. The predicted octanol–water partition coefficient (Wildman–Crippen LogP) is 3.26. The zero-order valence-electron chi connectivity index (χ0n) is 16.6. The van der Waals surface area contributed by atoms with Crippen molar-refractivity contribution in [1.82, 2.24) is 14.9 Å². The average molecular weight is 409 g/mol. The van der Waals surface area contributed by atoms with Gasteiger partial charge in [0, 0.05) is 50.1 Å². The molecule has 30 heavy (non-hydrogen) atoms. The van der Waals surface area contributed by atoms with Crippen LogP contribution in [0.4, 0.5) is 15.8 Å². The minimum atomic E-state index is -0.520. The van der Waals surface area contributed by atoms with Crippen LogP contribution in [0.1, 0.15) is 21.7 Å². The second-order valence-corrected chi connectivity index (χ2v) is 7.27. The van der Waals surface area contributed by atoms with Crippen molar-refractivity contribution in [3.8, 4) is 0 Å². The molecule has 0 spiro atoms. The molecule has 0 N–H and O–H groups in total. The van der Waals surface area contributed by atoms with E-state index in [9.17, 15) is 19.3 Å². The molecule has 1 aromatic heterocycles. The van der Waals surface area contributed by atoms with Crippen LogP contribution in [0.15, 0.2) is 36.4 Å². The van der Waals surface area contributed by atoms with E-state index < -0.39 is 10.7 Å². The second-order valence-electron chi connectivity index (χ2n) is 7.27. The smallest absolute Gasteiger partial charge is 0.269 e. The van der Waals surface area contributed by atoms with Crippen LogP contribution >= 0.6 is 0 Å². The first kappa shape index (κ1) is 19.7. The number of aromatic nitrogens is 2. The molecule has 0 atom stereocenters. The fraction of sp³-hybridized carbons (Fsp3) is 0.286. The highest BCUT2D eigenvalue weighted by Crippen LogP contribution is 2.24. The molecule has 1 amide bonds. The van der Waals surface area contributed by atoms with Gasteiger partial charge in [0.1, 0.15) is 11.3 Å². The summed E-state index contributed by atoms with van der Waals surface area (Å²) in [6, 6.07) is 8.85. The number of rotatable bonds is 3. The Morgan fingerprint density at radius 2 is 1.67 bits per heavy atom. The van der Waals surface area contributed by atoms with Crippen molar-refractivity contribution in [2.45, 2.75) is 13.8 Å². The van der Waals surface area contributed by atoms with Crippen molar-refractivity contribution in [2.75, 3.05) is 31.1 Å². The maximum absolute atomic E-state index is 14.1. The van der Waals surface area contributed by atoms with E-state index in [1.54, 1.807) is 24.0 Å². The van der Waals surface area contributed by atoms with Gasteiger partial charge in [0.05, 0.1) is 27.4 Å². The first-order valence-electron chi connectivity index (χ1n) is 9.56. The van der Waals surface area contributed by atoms with Gasteiger partial charge < -0.3 is 9.80 Å². The maximum atomic E-state index is 14.1. The number of non-ortho nitro benzene ring substituents is 1. The van der Waals surface area contributed by atoms with Crippen LogP contribution in [-0.4, -0.2) is 51.9 Å². The molecule has 154 valence electrons. The minimum Gasteiger partial charge on any atom is -0.368 e. The van der Waals surface area contributed by atoms with Gasteiger partial charge in [-0.1, -0.05) is 0 Å². The van der Waals surface area contributed by atoms with E-state index >= 15 is 0 Å². The van der Waals surface area contributed by atoms with Crippen molar-refractivity contribution >= 4 is 28.3 Å². The molecule has 0 unspecified atom stereocenters. The van der Waals surface area contributed by atoms with Gasteiger partial charge in [0.15, 0.2) is 0 Å². The molecule has 9 heteroatoms. The van der Waals surface area contributed by atoms with Gasteiger partial charge in [-0.15, -0.1) is 0 Å². The van der Waals surface area contributed by atoms with Crippen molar-refractivity contribution in [3.63, 3.8) is 0 Å². The zero-order valence-corrected chi connectivity index (χ0v) is 16.6. The van der Waals surface area contributed by atoms with Gasteiger partial charge in [0.2, 0.25) is 0 Å². The highest BCUT2D eigenvalue weighted by molar-refractivity contribution is 6.04. The molecule has 0 radical (unpaired) electrons. The van der Waals surface area contributed by atoms with Gasteiger partial charge in [-0.25, -0.2) is 14.4 Å². The lowest BCUT2D eigenvalue weighted by Gasteiger charge is -2.36. The number of nitro benzene ring substituents is 1. The largest absolute Gasteiger partial charge is 0.368 e. The molecule has 1 fully saturated rings. The Bertz CT molecular complexity index is 1140. The number of amides is 1. The fourth-order valence-corrected chi connectivity index (χ4v) is 3.58. The van der Waals surface area contributed by atoms with Crippen LogP contribution in [0.5, 0.6) is 0 Å². The van der Waals surface area contributed by atoms with Crippen molar-refractivity contribution in [3.05, 3.63) is 69.3 Å². The third-order valence-corrected chi connectivity index (χ3v) is 5.37. The Morgan fingerprint density at radius 1 is 1.03 bits per heavy atom. The highest BCUT2D eigenvalue weighted by atomic mass is 19.1. The molecule has 0 aliphatic carbocycles. The number of anilines is 1. The summed E-state index contributed by atoms with van der Waals surface area (Å²) in [6.45, 7) is 5.65. The Hall–Kier alpha value is -3.62. The van der Waals surface area contributed by atoms with Crippen LogP contribution in [0.2, 0.25) is 0 Å². The lowest BCUT2D eigenvalue weighted by molar-refractivity contribution is -0.384. The average Bonchev–Trinajstić information content (AvgIpc) is 2.74. The second kappa shape index (κ2) is 7.66. The Kier molecular flexibility index (Phi) is 5.03. The summed E-state index contributed by atoms with van der Waals surface area (Å²) >= 11 is 0. The fourth-order valence-electron chi connectivity index (χ4n) is 3.58. The van der Waals surface area contributed by atoms with Crippen molar-refractivity contribution in [2.24, 2.45) is 0 Å². The zero-order chi connectivity index (χ0) is 21.4. The monoisotopic (exact) mass is 409 g/mol. The number of fused-ring (bicyclic) bond motifs is 1. The van der Waals surface area contributed by atoms with E-state index in [-0.39, 0.29) is 17.2 Å². The van der Waals surface area contributed by atoms with E-state index in [1.165, 1.54) is 24.3 Å². The molecule has 3 aromatic rings. The van der Waals surface area contributed by atoms with Gasteiger partial charge in [-0.3, -0.25) is 14.9 Å². The Morgan fingerprint density at radius 3 is 2.30 bits per heavy atom. The van der Waals surface area contributed by atoms with E-state index in [1.807, 2.05) is 6.92 Å². The standard InChI is InChI=1S/C21H20FN5O3/c1-13-14(2)24-20-18(11-15(22)12-19(20)23-13)21(28)26-9-7-25(8-10-26)16-3-5-17(6-4-16)27(29)30/h3-6,11-12H,7-10H2,1-2H3. The summed E-state index contributed by atoms with van der Waals surface area (Å²) in [5.41, 5.74) is 3.28. The SMILES string of the molecule is Cc1nc2cc(F)cc(C(=O)N3CCN(c4ccc([N+](=O)[O-])cc4)CC3)c2nc1C. The summed E-state index contributed by atoms with van der Waals surface area (Å²) in [5, 5.41) is 10.8. The van der Waals surface area contributed by atoms with E-state index in [2.05, 4.69) is 14.9 Å². The van der Waals surface area contributed by atoms with Gasteiger partial charge in [0.25, 0.3) is 11.6 Å². The maximum Gasteiger partial charge on any atom is 0.269 e. The molecule has 1 aliphatic rings. The molecule has 4 rings (SSSR count). The van der Waals surface area contributed by atoms with E-state index in [0.717, 1.165) is 5.69 Å². The summed E-state index contributed by atoms with van der Waals surface area (Å²) in [4.78, 5) is 36.1. The molecule has 8 nitrogen and oxygen atoms in total. The van der Waals surface area contributed by atoms with Crippen LogP contribution in [0.25, 0.3) is 11.0 Å². The lowest BCUT2D eigenvalue weighted by atomic mass is 10.1. The number of benzene rings is 2. The molecular formula is C21H20FN5O3.